The average molecular weight is 110 g/mol. The molecule has 0 spiro atoms. The van der Waals surface area contributed by atoms with Gasteiger partial charge in [-0.1, -0.05) is 13.5 Å². The van der Waals surface area contributed by atoms with E-state index in [9.17, 15) is 4.79 Å². The van der Waals surface area contributed by atoms with Crippen LogP contribution in [0.25, 0.3) is 0 Å². The fourth-order valence-corrected chi connectivity index (χ4v) is 0.330. The van der Waals surface area contributed by atoms with Gasteiger partial charge in [-0.2, -0.15) is 0 Å². The van der Waals surface area contributed by atoms with Gasteiger partial charge < -0.3 is 0 Å². The molecule has 0 aliphatic rings. The highest BCUT2D eigenvalue weighted by atomic mass is 16.1. The molecule has 0 bridgehead atoms. The summed E-state index contributed by atoms with van der Waals surface area (Å²) in [4.78, 5) is 10.5. The molecule has 8 heavy (non-hydrogen) atoms. The Hall–Kier alpha value is -0.810. The van der Waals surface area contributed by atoms with E-state index in [1.165, 1.54) is 0 Å². The van der Waals surface area contributed by atoms with Crippen molar-refractivity contribution in [3.63, 3.8) is 0 Å². The van der Waals surface area contributed by atoms with Crippen molar-refractivity contribution in [2.45, 2.75) is 19.8 Å². The van der Waals surface area contributed by atoms with E-state index in [1.54, 1.807) is 6.08 Å². The molecule has 0 saturated heterocycles. The Kier molecular flexibility index (Phi) is 3.91. The van der Waals surface area contributed by atoms with Crippen molar-refractivity contribution in [3.8, 4) is 0 Å². The maximum absolute atomic E-state index is 10.5. The molecule has 44 valence electrons. The van der Waals surface area contributed by atoms with Gasteiger partial charge in [-0.3, -0.25) is 4.79 Å². The Bertz CT molecular complexity index is 118. The zero-order valence-electron chi connectivity index (χ0n) is 5.11. The second-order valence-corrected chi connectivity index (χ2v) is 1.50. The molecule has 0 aromatic carbocycles. The number of carbonyl (C=O) groups is 1. The minimum Gasteiger partial charge on any atom is -0.299 e. The van der Waals surface area contributed by atoms with Gasteiger partial charge in [-0.05, 0) is 6.08 Å². The van der Waals surface area contributed by atoms with Gasteiger partial charge in [0.05, 0.1) is 0 Å². The van der Waals surface area contributed by atoms with Crippen LogP contribution >= 0.6 is 0 Å². The number of hydrogen-bond donors (Lipinski definition) is 0. The lowest BCUT2D eigenvalue weighted by Crippen LogP contribution is -1.89. The first-order chi connectivity index (χ1) is 3.81. The van der Waals surface area contributed by atoms with Gasteiger partial charge in [0.1, 0.15) is 5.78 Å². The van der Waals surface area contributed by atoms with Crippen LogP contribution in [0.3, 0.4) is 0 Å². The molecule has 0 unspecified atom stereocenters. The molecule has 0 saturated carbocycles. The van der Waals surface area contributed by atoms with E-state index in [-0.39, 0.29) is 5.78 Å². The Morgan fingerprint density at radius 2 is 2.50 bits per heavy atom. The van der Waals surface area contributed by atoms with Crippen molar-refractivity contribution in [3.05, 3.63) is 18.4 Å². The van der Waals surface area contributed by atoms with Crippen LogP contribution in [0, 0.1) is 0 Å². The molecular formula is C7H10O. The van der Waals surface area contributed by atoms with Crippen LogP contribution in [0.5, 0.6) is 0 Å². The molecule has 1 heteroatoms. The van der Waals surface area contributed by atoms with E-state index in [2.05, 4.69) is 12.3 Å². The van der Waals surface area contributed by atoms with E-state index in [0.717, 1.165) is 0 Å². The Morgan fingerprint density at radius 3 is 2.88 bits per heavy atom. The Morgan fingerprint density at radius 1 is 1.88 bits per heavy atom. The van der Waals surface area contributed by atoms with Gasteiger partial charge >= 0.3 is 0 Å². The van der Waals surface area contributed by atoms with Crippen molar-refractivity contribution in [2.75, 3.05) is 0 Å². The van der Waals surface area contributed by atoms with Crippen LogP contribution in [-0.4, -0.2) is 5.78 Å². The largest absolute Gasteiger partial charge is 0.299 e. The standard InChI is InChI=1S/C7H10O/c1-3-5-6-7(8)4-2/h5H,1,4,6H2,2H3. The number of ketones is 1. The SMILES string of the molecule is C=C=CCC(=O)CC. The lowest BCUT2D eigenvalue weighted by Gasteiger charge is -1.83. The number of allylic oxidation sites excluding steroid dienone is 1. The van der Waals surface area contributed by atoms with Crippen LogP contribution in [0.1, 0.15) is 19.8 Å². The van der Waals surface area contributed by atoms with Gasteiger partial charge in [0.25, 0.3) is 0 Å². The highest BCUT2D eigenvalue weighted by Gasteiger charge is 1.89. The quantitative estimate of drug-likeness (QED) is 0.505. The molecule has 0 heterocycles. The molecule has 0 N–H and O–H groups in total. The molecule has 0 aromatic heterocycles. The van der Waals surface area contributed by atoms with Gasteiger partial charge in [0.2, 0.25) is 0 Å². The van der Waals surface area contributed by atoms with E-state index in [0.29, 0.717) is 12.8 Å². The summed E-state index contributed by atoms with van der Waals surface area (Å²) < 4.78 is 0. The fourth-order valence-electron chi connectivity index (χ4n) is 0.330. The van der Waals surface area contributed by atoms with Gasteiger partial charge in [-0.15, -0.1) is 5.73 Å². The monoisotopic (exact) mass is 110 g/mol. The summed E-state index contributed by atoms with van der Waals surface area (Å²) in [7, 11) is 0. The summed E-state index contributed by atoms with van der Waals surface area (Å²) >= 11 is 0. The Balaban J connectivity index is 3.39. The van der Waals surface area contributed by atoms with E-state index in [1.807, 2.05) is 6.92 Å². The minimum absolute atomic E-state index is 0.237. The maximum Gasteiger partial charge on any atom is 0.137 e. The molecule has 1 nitrogen and oxygen atoms in total. The normalized spacial score (nSPS) is 7.62. The molecule has 0 rings (SSSR count). The first-order valence-corrected chi connectivity index (χ1v) is 2.67. The fraction of sp³-hybridized carbons (Fsp3) is 0.429. The summed E-state index contributed by atoms with van der Waals surface area (Å²) in [5.41, 5.74) is 2.54. The highest BCUT2D eigenvalue weighted by Crippen LogP contribution is 1.87. The first-order valence-electron chi connectivity index (χ1n) is 2.67. The average Bonchev–Trinajstić information content (AvgIpc) is 1.83. The first kappa shape index (κ1) is 7.19. The van der Waals surface area contributed by atoms with Crippen LogP contribution < -0.4 is 0 Å². The predicted molar refractivity (Wildman–Crippen MR) is 33.6 cm³/mol. The van der Waals surface area contributed by atoms with E-state index < -0.39 is 0 Å². The van der Waals surface area contributed by atoms with Crippen LogP contribution in [0.15, 0.2) is 18.4 Å². The topological polar surface area (TPSA) is 17.1 Å². The molecule has 0 fully saturated rings. The summed E-state index contributed by atoms with van der Waals surface area (Å²) in [6, 6.07) is 0. The predicted octanol–water partition coefficient (Wildman–Crippen LogP) is 1.70. The molecule has 0 aliphatic carbocycles. The lowest BCUT2D eigenvalue weighted by atomic mass is 10.2. The molecule has 0 radical (unpaired) electrons. The van der Waals surface area contributed by atoms with Crippen LogP contribution in [-0.2, 0) is 4.79 Å². The smallest absolute Gasteiger partial charge is 0.137 e. The van der Waals surface area contributed by atoms with E-state index >= 15 is 0 Å². The molecule has 0 atom stereocenters. The van der Waals surface area contributed by atoms with Crippen LogP contribution in [0.2, 0.25) is 0 Å². The third-order valence-electron chi connectivity index (χ3n) is 0.868. The molecule has 0 aliphatic heterocycles. The second kappa shape index (κ2) is 4.35. The van der Waals surface area contributed by atoms with Crippen molar-refractivity contribution in [2.24, 2.45) is 0 Å². The molecule has 0 aromatic rings. The van der Waals surface area contributed by atoms with Gasteiger partial charge in [0.15, 0.2) is 0 Å². The third-order valence-corrected chi connectivity index (χ3v) is 0.868. The molecular weight excluding hydrogens is 100 g/mol. The number of Topliss-reactive ketones (excluding diaryl/α,β-unsaturated/α-hetero) is 1. The summed E-state index contributed by atoms with van der Waals surface area (Å²) in [5, 5.41) is 0. The van der Waals surface area contributed by atoms with Crippen molar-refractivity contribution in [1.29, 1.82) is 0 Å². The van der Waals surface area contributed by atoms with Crippen molar-refractivity contribution < 1.29 is 4.79 Å². The molecule has 0 amide bonds. The maximum atomic E-state index is 10.5. The van der Waals surface area contributed by atoms with Crippen LogP contribution in [0.4, 0.5) is 0 Å². The lowest BCUT2D eigenvalue weighted by molar-refractivity contribution is -0.117. The summed E-state index contributed by atoms with van der Waals surface area (Å²) in [6.07, 6.45) is 2.74. The zero-order chi connectivity index (χ0) is 6.41. The Labute approximate surface area is 49.7 Å². The van der Waals surface area contributed by atoms with Crippen molar-refractivity contribution >= 4 is 5.78 Å². The number of rotatable bonds is 3. The second-order valence-electron chi connectivity index (χ2n) is 1.50. The number of carbonyl (C=O) groups excluding carboxylic acids is 1. The third kappa shape index (κ3) is 3.38. The number of hydrogen-bond acceptors (Lipinski definition) is 1. The van der Waals surface area contributed by atoms with E-state index in [4.69, 9.17) is 0 Å². The van der Waals surface area contributed by atoms with Crippen molar-refractivity contribution in [1.82, 2.24) is 0 Å². The zero-order valence-corrected chi connectivity index (χ0v) is 5.11. The van der Waals surface area contributed by atoms with Gasteiger partial charge in [0, 0.05) is 12.8 Å². The summed E-state index contributed by atoms with van der Waals surface area (Å²) in [6.45, 7) is 5.18. The van der Waals surface area contributed by atoms with Gasteiger partial charge in [-0.25, -0.2) is 0 Å². The minimum atomic E-state index is 0.237. The summed E-state index contributed by atoms with van der Waals surface area (Å²) in [5.74, 6) is 0.237. The highest BCUT2D eigenvalue weighted by molar-refractivity contribution is 5.79.